The van der Waals surface area contributed by atoms with Crippen LogP contribution in [0.1, 0.15) is 20.7 Å². The summed E-state index contributed by atoms with van der Waals surface area (Å²) >= 11 is 0. The number of rotatable bonds is 8. The number of ether oxygens (including phenoxy) is 2. The highest BCUT2D eigenvalue weighted by Gasteiger charge is 2.27. The number of carbonyl (C=O) groups is 3. The Hall–Kier alpha value is -4.25. The topological polar surface area (TPSA) is 119 Å². The molecule has 11 heteroatoms. The fourth-order valence-electron chi connectivity index (χ4n) is 3.14. The molecular formula is C24H21FN2O7S. The number of methoxy groups -OCH3 is 2. The third kappa shape index (κ3) is 6.01. The van der Waals surface area contributed by atoms with E-state index in [9.17, 15) is 27.2 Å². The summed E-state index contributed by atoms with van der Waals surface area (Å²) in [5.41, 5.74) is 0.0365. The van der Waals surface area contributed by atoms with E-state index >= 15 is 0 Å². The second-order valence-electron chi connectivity index (χ2n) is 7.13. The summed E-state index contributed by atoms with van der Waals surface area (Å²) in [6, 6.07) is 15.8. The van der Waals surface area contributed by atoms with Gasteiger partial charge in [0, 0.05) is 5.69 Å². The van der Waals surface area contributed by atoms with Crippen LogP contribution in [0.3, 0.4) is 0 Å². The van der Waals surface area contributed by atoms with Crippen LogP contribution in [0.25, 0.3) is 0 Å². The van der Waals surface area contributed by atoms with Crippen molar-refractivity contribution in [3.05, 3.63) is 89.7 Å². The number of nitrogens with zero attached hydrogens (tertiary/aromatic N) is 1. The number of amides is 1. The van der Waals surface area contributed by atoms with Gasteiger partial charge in [-0.3, -0.25) is 9.10 Å². The summed E-state index contributed by atoms with van der Waals surface area (Å²) in [6.45, 7) is -0.682. The van der Waals surface area contributed by atoms with Crippen molar-refractivity contribution < 1.29 is 36.7 Å². The minimum Gasteiger partial charge on any atom is -0.465 e. The van der Waals surface area contributed by atoms with E-state index in [0.29, 0.717) is 0 Å². The van der Waals surface area contributed by atoms with Crippen molar-refractivity contribution in [3.8, 4) is 0 Å². The lowest BCUT2D eigenvalue weighted by Gasteiger charge is -2.24. The molecule has 182 valence electrons. The highest BCUT2D eigenvalue weighted by molar-refractivity contribution is 7.92. The Morgan fingerprint density at radius 2 is 1.40 bits per heavy atom. The van der Waals surface area contributed by atoms with Gasteiger partial charge in [0.15, 0.2) is 0 Å². The lowest BCUT2D eigenvalue weighted by molar-refractivity contribution is -0.114. The minimum atomic E-state index is -4.20. The van der Waals surface area contributed by atoms with E-state index in [4.69, 9.17) is 0 Å². The number of hydrogen-bond donors (Lipinski definition) is 1. The summed E-state index contributed by atoms with van der Waals surface area (Å²) in [5, 5.41) is 2.48. The van der Waals surface area contributed by atoms with Gasteiger partial charge in [0.05, 0.1) is 35.9 Å². The summed E-state index contributed by atoms with van der Waals surface area (Å²) in [7, 11) is -1.90. The molecule has 0 bridgehead atoms. The minimum absolute atomic E-state index is 0.0296. The molecule has 0 spiro atoms. The fourth-order valence-corrected chi connectivity index (χ4v) is 4.59. The Morgan fingerprint density at radius 3 is 1.91 bits per heavy atom. The molecule has 0 radical (unpaired) electrons. The van der Waals surface area contributed by atoms with Crippen molar-refractivity contribution in [1.82, 2.24) is 0 Å². The molecule has 3 aromatic rings. The Kier molecular flexibility index (Phi) is 7.82. The zero-order valence-electron chi connectivity index (χ0n) is 18.7. The van der Waals surface area contributed by atoms with E-state index in [-0.39, 0.29) is 27.4 Å². The first-order valence-electron chi connectivity index (χ1n) is 10.1. The predicted octanol–water partition coefficient (Wildman–Crippen LogP) is 3.23. The fraction of sp³-hybridized carbons (Fsp3) is 0.125. The van der Waals surface area contributed by atoms with Crippen LogP contribution in [-0.2, 0) is 24.3 Å². The molecule has 1 N–H and O–H groups in total. The van der Waals surface area contributed by atoms with E-state index in [1.165, 1.54) is 54.6 Å². The molecule has 35 heavy (non-hydrogen) atoms. The summed E-state index contributed by atoms with van der Waals surface area (Å²) in [6.07, 6.45) is 0. The number of anilines is 2. The third-order valence-electron chi connectivity index (χ3n) is 4.79. The van der Waals surface area contributed by atoms with Crippen LogP contribution in [-0.4, -0.2) is 47.0 Å². The van der Waals surface area contributed by atoms with Crippen molar-refractivity contribution in [2.24, 2.45) is 0 Å². The SMILES string of the molecule is COC(=O)c1cc(NC(=O)CN(c2ccc(F)cc2)S(=O)(=O)c2ccccc2)cc(C(=O)OC)c1. The molecule has 0 aliphatic heterocycles. The first-order chi connectivity index (χ1) is 16.6. The van der Waals surface area contributed by atoms with E-state index < -0.39 is 40.2 Å². The molecule has 3 aromatic carbocycles. The number of sulfonamides is 1. The molecule has 1 amide bonds. The Balaban J connectivity index is 1.96. The maximum Gasteiger partial charge on any atom is 0.337 e. The molecular weight excluding hydrogens is 479 g/mol. The van der Waals surface area contributed by atoms with Crippen LogP contribution in [0, 0.1) is 5.82 Å². The number of esters is 2. The van der Waals surface area contributed by atoms with Crippen molar-refractivity contribution in [1.29, 1.82) is 0 Å². The smallest absolute Gasteiger partial charge is 0.337 e. The Labute approximate surface area is 201 Å². The first-order valence-corrected chi connectivity index (χ1v) is 11.5. The summed E-state index contributed by atoms with van der Waals surface area (Å²) in [5.74, 6) is -2.88. The molecule has 9 nitrogen and oxygen atoms in total. The van der Waals surface area contributed by atoms with Crippen molar-refractivity contribution in [3.63, 3.8) is 0 Å². The lowest BCUT2D eigenvalue weighted by atomic mass is 10.1. The maximum absolute atomic E-state index is 13.5. The van der Waals surface area contributed by atoms with E-state index in [1.807, 2.05) is 0 Å². The van der Waals surface area contributed by atoms with Crippen LogP contribution in [0.2, 0.25) is 0 Å². The molecule has 0 aromatic heterocycles. The quantitative estimate of drug-likeness (QED) is 0.472. The van der Waals surface area contributed by atoms with Crippen LogP contribution in [0.15, 0.2) is 77.7 Å². The number of nitrogens with one attached hydrogen (secondary N) is 1. The van der Waals surface area contributed by atoms with Crippen LogP contribution in [0.5, 0.6) is 0 Å². The van der Waals surface area contributed by atoms with Crippen LogP contribution in [0.4, 0.5) is 15.8 Å². The van der Waals surface area contributed by atoms with E-state index in [0.717, 1.165) is 30.7 Å². The maximum atomic E-state index is 13.5. The molecule has 0 aliphatic rings. The molecule has 0 aliphatic carbocycles. The average molecular weight is 501 g/mol. The van der Waals surface area contributed by atoms with Gasteiger partial charge in [-0.05, 0) is 54.6 Å². The number of hydrogen-bond acceptors (Lipinski definition) is 7. The number of benzene rings is 3. The monoisotopic (exact) mass is 500 g/mol. The standard InChI is InChI=1S/C24H21FN2O7S/c1-33-23(29)16-12-17(24(30)34-2)14-19(13-16)26-22(28)15-27(20-10-8-18(25)9-11-20)35(31,32)21-6-4-3-5-7-21/h3-14H,15H2,1-2H3,(H,26,28). The van der Waals surface area contributed by atoms with Gasteiger partial charge in [0.25, 0.3) is 10.0 Å². The predicted molar refractivity (Wildman–Crippen MR) is 125 cm³/mol. The van der Waals surface area contributed by atoms with Crippen molar-refractivity contribution in [2.75, 3.05) is 30.4 Å². The number of carbonyl (C=O) groups excluding carboxylic acids is 3. The first kappa shape index (κ1) is 25.4. The number of halogens is 1. The largest absolute Gasteiger partial charge is 0.465 e. The van der Waals surface area contributed by atoms with Gasteiger partial charge in [0.2, 0.25) is 5.91 Å². The van der Waals surface area contributed by atoms with E-state index in [1.54, 1.807) is 6.07 Å². The molecule has 0 atom stereocenters. The molecule has 0 saturated heterocycles. The Bertz CT molecular complexity index is 1310. The highest BCUT2D eigenvalue weighted by atomic mass is 32.2. The average Bonchev–Trinajstić information content (AvgIpc) is 2.87. The summed E-state index contributed by atoms with van der Waals surface area (Å²) in [4.78, 5) is 36.8. The summed E-state index contributed by atoms with van der Waals surface area (Å²) < 4.78 is 50.2. The van der Waals surface area contributed by atoms with Crippen LogP contribution >= 0.6 is 0 Å². The zero-order chi connectivity index (χ0) is 25.6. The molecule has 0 saturated carbocycles. The van der Waals surface area contributed by atoms with E-state index in [2.05, 4.69) is 14.8 Å². The molecule has 0 heterocycles. The molecule has 0 unspecified atom stereocenters. The normalized spacial score (nSPS) is 10.8. The second-order valence-corrected chi connectivity index (χ2v) is 8.99. The van der Waals surface area contributed by atoms with Crippen LogP contribution < -0.4 is 9.62 Å². The third-order valence-corrected chi connectivity index (χ3v) is 6.58. The van der Waals surface area contributed by atoms with Gasteiger partial charge in [-0.25, -0.2) is 22.4 Å². The highest BCUT2D eigenvalue weighted by Crippen LogP contribution is 2.24. The second kappa shape index (κ2) is 10.8. The zero-order valence-corrected chi connectivity index (χ0v) is 19.5. The Morgan fingerprint density at radius 1 is 0.857 bits per heavy atom. The molecule has 0 fully saturated rings. The van der Waals surface area contributed by atoms with Gasteiger partial charge < -0.3 is 14.8 Å². The van der Waals surface area contributed by atoms with Crippen molar-refractivity contribution >= 4 is 39.2 Å². The van der Waals surface area contributed by atoms with Gasteiger partial charge in [-0.1, -0.05) is 18.2 Å². The molecule has 3 rings (SSSR count). The van der Waals surface area contributed by atoms with Gasteiger partial charge in [-0.2, -0.15) is 0 Å². The van der Waals surface area contributed by atoms with Gasteiger partial charge >= 0.3 is 11.9 Å². The van der Waals surface area contributed by atoms with Gasteiger partial charge in [-0.15, -0.1) is 0 Å². The van der Waals surface area contributed by atoms with Gasteiger partial charge in [0.1, 0.15) is 12.4 Å². The lowest BCUT2D eigenvalue weighted by Crippen LogP contribution is -2.38. The van der Waals surface area contributed by atoms with Crippen molar-refractivity contribution in [2.45, 2.75) is 4.90 Å².